The summed E-state index contributed by atoms with van der Waals surface area (Å²) in [6, 6.07) is 7.31. The van der Waals surface area contributed by atoms with Crippen molar-refractivity contribution in [1.82, 2.24) is 25.3 Å². The number of nitrogens with zero attached hydrogens (tertiary/aromatic N) is 4. The lowest BCUT2D eigenvalue weighted by atomic mass is 9.91. The van der Waals surface area contributed by atoms with Crippen molar-refractivity contribution in [2.75, 3.05) is 12.4 Å². The highest BCUT2D eigenvalue weighted by Crippen LogP contribution is 2.28. The average Bonchev–Trinajstić information content (AvgIpc) is 2.69. The number of rotatable bonds is 4. The van der Waals surface area contributed by atoms with Gasteiger partial charge in [0.1, 0.15) is 18.5 Å². The first-order valence-corrected chi connectivity index (χ1v) is 8.77. The van der Waals surface area contributed by atoms with Crippen molar-refractivity contribution in [2.45, 2.75) is 37.8 Å². The summed E-state index contributed by atoms with van der Waals surface area (Å²) in [7, 11) is 2.05. The van der Waals surface area contributed by atoms with Crippen molar-refractivity contribution in [1.29, 1.82) is 0 Å². The quantitative estimate of drug-likeness (QED) is 0.764. The van der Waals surface area contributed by atoms with E-state index in [9.17, 15) is 0 Å². The minimum atomic E-state index is 0.464. The Morgan fingerprint density at radius 1 is 0.880 bits per heavy atom. The van der Waals surface area contributed by atoms with Crippen LogP contribution in [0.4, 0.5) is 5.82 Å². The van der Waals surface area contributed by atoms with E-state index in [2.05, 4.69) is 42.7 Å². The van der Waals surface area contributed by atoms with E-state index >= 15 is 0 Å². The molecule has 2 N–H and O–H groups in total. The van der Waals surface area contributed by atoms with E-state index in [1.165, 1.54) is 12.8 Å². The molecule has 4 rings (SSSR count). The molecule has 0 atom stereocenters. The number of nitrogens with one attached hydrogen (secondary N) is 2. The molecule has 1 fully saturated rings. The predicted octanol–water partition coefficient (Wildman–Crippen LogP) is 3.03. The Morgan fingerprint density at radius 3 is 2.40 bits per heavy atom. The smallest absolute Gasteiger partial charge is 0.137 e. The lowest BCUT2D eigenvalue weighted by Crippen LogP contribution is -2.35. The van der Waals surface area contributed by atoms with Crippen LogP contribution < -0.4 is 10.6 Å². The van der Waals surface area contributed by atoms with Gasteiger partial charge in [0, 0.05) is 35.4 Å². The molecule has 1 aliphatic carbocycles. The molecule has 0 unspecified atom stereocenters. The molecule has 6 heteroatoms. The standard InChI is InChI=1S/C19H22N6/c1-20-15-3-5-16(6-4-15)25-19-17-8-13(14-9-21-11-22-10-14)2-7-18(17)23-12-24-19/h2,7-12,15-16,20H,3-6H2,1H3,(H,23,24,25). The zero-order valence-electron chi connectivity index (χ0n) is 14.3. The number of hydrogen-bond donors (Lipinski definition) is 2. The van der Waals surface area contributed by atoms with Crippen molar-refractivity contribution < 1.29 is 0 Å². The highest BCUT2D eigenvalue weighted by atomic mass is 15.0. The molecule has 1 saturated carbocycles. The minimum Gasteiger partial charge on any atom is -0.367 e. The van der Waals surface area contributed by atoms with Crippen molar-refractivity contribution in [3.63, 3.8) is 0 Å². The Hall–Kier alpha value is -2.60. The first kappa shape index (κ1) is 15.9. The number of hydrogen-bond acceptors (Lipinski definition) is 6. The van der Waals surface area contributed by atoms with E-state index in [0.717, 1.165) is 40.7 Å². The number of benzene rings is 1. The molecule has 1 aromatic carbocycles. The molecule has 0 bridgehead atoms. The highest BCUT2D eigenvalue weighted by Gasteiger charge is 2.20. The van der Waals surface area contributed by atoms with Crippen LogP contribution in [0.5, 0.6) is 0 Å². The summed E-state index contributed by atoms with van der Waals surface area (Å²) in [5.41, 5.74) is 3.01. The maximum Gasteiger partial charge on any atom is 0.137 e. The second-order valence-corrected chi connectivity index (χ2v) is 6.56. The second-order valence-electron chi connectivity index (χ2n) is 6.56. The fourth-order valence-corrected chi connectivity index (χ4v) is 3.52. The Bertz CT molecular complexity index is 843. The Kier molecular flexibility index (Phi) is 4.52. The molecular weight excluding hydrogens is 312 g/mol. The average molecular weight is 334 g/mol. The summed E-state index contributed by atoms with van der Waals surface area (Å²) in [5.74, 6) is 0.914. The lowest BCUT2D eigenvalue weighted by molar-refractivity contribution is 0.371. The normalized spacial score (nSPS) is 20.5. The Labute approximate surface area is 147 Å². The summed E-state index contributed by atoms with van der Waals surface area (Å²) in [5, 5.41) is 8.06. The van der Waals surface area contributed by atoms with Gasteiger partial charge in [0.05, 0.1) is 5.52 Å². The third kappa shape index (κ3) is 3.44. The molecule has 128 valence electrons. The van der Waals surface area contributed by atoms with Gasteiger partial charge in [-0.2, -0.15) is 0 Å². The molecule has 0 spiro atoms. The van der Waals surface area contributed by atoms with Gasteiger partial charge in [0.2, 0.25) is 0 Å². The molecule has 2 aromatic heterocycles. The van der Waals surface area contributed by atoms with E-state index in [0.29, 0.717) is 12.1 Å². The largest absolute Gasteiger partial charge is 0.367 e. The fourth-order valence-electron chi connectivity index (χ4n) is 3.52. The van der Waals surface area contributed by atoms with Crippen LogP contribution in [0.15, 0.2) is 43.2 Å². The van der Waals surface area contributed by atoms with Crippen LogP contribution in [0.3, 0.4) is 0 Å². The van der Waals surface area contributed by atoms with Crippen molar-refractivity contribution in [3.05, 3.63) is 43.2 Å². The lowest BCUT2D eigenvalue weighted by Gasteiger charge is -2.29. The molecule has 0 saturated heterocycles. The number of anilines is 1. The third-order valence-corrected chi connectivity index (χ3v) is 5.01. The monoisotopic (exact) mass is 334 g/mol. The first-order valence-electron chi connectivity index (χ1n) is 8.77. The van der Waals surface area contributed by atoms with E-state index in [4.69, 9.17) is 0 Å². The molecule has 1 aliphatic rings. The molecule has 25 heavy (non-hydrogen) atoms. The van der Waals surface area contributed by atoms with Gasteiger partial charge in [-0.1, -0.05) is 6.07 Å². The van der Waals surface area contributed by atoms with Crippen molar-refractivity contribution in [3.8, 4) is 11.1 Å². The van der Waals surface area contributed by atoms with Crippen LogP contribution in [-0.2, 0) is 0 Å². The molecule has 6 nitrogen and oxygen atoms in total. The van der Waals surface area contributed by atoms with E-state index in [-0.39, 0.29) is 0 Å². The van der Waals surface area contributed by atoms with Gasteiger partial charge in [-0.05, 0) is 50.4 Å². The minimum absolute atomic E-state index is 0.464. The van der Waals surface area contributed by atoms with Crippen LogP contribution in [0.1, 0.15) is 25.7 Å². The summed E-state index contributed by atoms with van der Waals surface area (Å²) in [6.07, 6.45) is 11.5. The van der Waals surface area contributed by atoms with Gasteiger partial charge in [-0.3, -0.25) is 0 Å². The van der Waals surface area contributed by atoms with Crippen LogP contribution in [0, 0.1) is 0 Å². The zero-order chi connectivity index (χ0) is 17.1. The van der Waals surface area contributed by atoms with Crippen molar-refractivity contribution in [2.24, 2.45) is 0 Å². The van der Waals surface area contributed by atoms with Gasteiger partial charge in [0.15, 0.2) is 0 Å². The van der Waals surface area contributed by atoms with E-state index < -0.39 is 0 Å². The summed E-state index contributed by atoms with van der Waals surface area (Å²) in [4.78, 5) is 17.1. The van der Waals surface area contributed by atoms with E-state index in [1.807, 2.05) is 25.5 Å². The molecule has 2 heterocycles. The Morgan fingerprint density at radius 2 is 1.64 bits per heavy atom. The van der Waals surface area contributed by atoms with E-state index in [1.54, 1.807) is 12.7 Å². The van der Waals surface area contributed by atoms with Crippen molar-refractivity contribution >= 4 is 16.7 Å². The van der Waals surface area contributed by atoms with Crippen LogP contribution in [-0.4, -0.2) is 39.1 Å². The topological polar surface area (TPSA) is 75.6 Å². The van der Waals surface area contributed by atoms with Gasteiger partial charge in [-0.15, -0.1) is 0 Å². The van der Waals surface area contributed by atoms with Crippen LogP contribution in [0.2, 0.25) is 0 Å². The zero-order valence-corrected chi connectivity index (χ0v) is 14.3. The molecule has 0 amide bonds. The van der Waals surface area contributed by atoms with Gasteiger partial charge < -0.3 is 10.6 Å². The summed E-state index contributed by atoms with van der Waals surface area (Å²) >= 11 is 0. The molecule has 0 aliphatic heterocycles. The summed E-state index contributed by atoms with van der Waals surface area (Å²) in [6.45, 7) is 0. The highest BCUT2D eigenvalue weighted by molar-refractivity contribution is 5.92. The SMILES string of the molecule is CNC1CCC(Nc2ncnc3ccc(-c4cncnc4)cc23)CC1. The van der Waals surface area contributed by atoms with Crippen LogP contribution >= 0.6 is 0 Å². The molecule has 3 aromatic rings. The Balaban J connectivity index is 1.62. The number of fused-ring (bicyclic) bond motifs is 1. The van der Waals surface area contributed by atoms with Gasteiger partial charge in [-0.25, -0.2) is 19.9 Å². The molecule has 0 radical (unpaired) electrons. The summed E-state index contributed by atoms with van der Waals surface area (Å²) < 4.78 is 0. The number of aromatic nitrogens is 4. The maximum absolute atomic E-state index is 4.51. The first-order chi connectivity index (χ1) is 12.3. The fraction of sp³-hybridized carbons (Fsp3) is 0.368. The van der Waals surface area contributed by atoms with Gasteiger partial charge >= 0.3 is 0 Å². The molecular formula is C19H22N6. The maximum atomic E-state index is 4.51. The van der Waals surface area contributed by atoms with Gasteiger partial charge in [0.25, 0.3) is 0 Å². The third-order valence-electron chi connectivity index (χ3n) is 5.01. The van der Waals surface area contributed by atoms with Crippen LogP contribution in [0.25, 0.3) is 22.0 Å². The second kappa shape index (κ2) is 7.11. The predicted molar refractivity (Wildman–Crippen MR) is 99.3 cm³/mol.